The van der Waals surface area contributed by atoms with Gasteiger partial charge in [-0.15, -0.1) is 0 Å². The van der Waals surface area contributed by atoms with Crippen molar-refractivity contribution in [1.29, 1.82) is 0 Å². The lowest BCUT2D eigenvalue weighted by molar-refractivity contribution is -0.169. The van der Waals surface area contributed by atoms with E-state index in [0.717, 1.165) is 36.7 Å². The molecule has 3 rings (SSSR count). The summed E-state index contributed by atoms with van der Waals surface area (Å²) in [5.74, 6) is -1.74. The zero-order chi connectivity index (χ0) is 26.2. The van der Waals surface area contributed by atoms with Crippen LogP contribution >= 0.6 is 15.9 Å². The van der Waals surface area contributed by atoms with E-state index in [1.807, 2.05) is 0 Å². The van der Waals surface area contributed by atoms with Gasteiger partial charge in [-0.25, -0.2) is 8.42 Å². The van der Waals surface area contributed by atoms with Gasteiger partial charge in [0.05, 0.1) is 36.9 Å². The van der Waals surface area contributed by atoms with E-state index in [1.165, 1.54) is 19.1 Å². The molecule has 0 saturated carbocycles. The SMILES string of the molecule is COC(=O)C(C)(C[C@H]1CN(S(=O)(=O)c2cccc(C(F)(F)F)c2)c2cc(Br)ccc2O1)C(=O)OC. The lowest BCUT2D eigenvalue weighted by Gasteiger charge is -2.38. The van der Waals surface area contributed by atoms with Crippen LogP contribution in [-0.4, -0.2) is 47.2 Å². The van der Waals surface area contributed by atoms with E-state index < -0.39 is 56.7 Å². The Hall–Kier alpha value is -2.80. The van der Waals surface area contributed by atoms with Gasteiger partial charge in [0.2, 0.25) is 0 Å². The maximum Gasteiger partial charge on any atom is 0.416 e. The topological polar surface area (TPSA) is 99.2 Å². The Bertz CT molecular complexity index is 1230. The van der Waals surface area contributed by atoms with E-state index in [9.17, 15) is 31.2 Å². The number of carbonyl (C=O) groups is 2. The van der Waals surface area contributed by atoms with Gasteiger partial charge in [-0.1, -0.05) is 22.0 Å². The Morgan fingerprint density at radius 1 is 1.11 bits per heavy atom. The Kier molecular flexibility index (Phi) is 7.42. The van der Waals surface area contributed by atoms with Crippen molar-refractivity contribution in [3.05, 3.63) is 52.5 Å². The highest BCUT2D eigenvalue weighted by atomic mass is 79.9. The molecular weight excluding hydrogens is 559 g/mol. The summed E-state index contributed by atoms with van der Waals surface area (Å²) in [6.07, 6.45) is -6.12. The molecule has 1 aliphatic rings. The fraction of sp³-hybridized carbons (Fsp3) is 0.364. The van der Waals surface area contributed by atoms with Gasteiger partial charge in [0.15, 0.2) is 5.41 Å². The molecule has 0 unspecified atom stereocenters. The van der Waals surface area contributed by atoms with E-state index in [2.05, 4.69) is 15.9 Å². The molecule has 0 spiro atoms. The number of anilines is 1. The first kappa shape index (κ1) is 26.8. The van der Waals surface area contributed by atoms with Crippen LogP contribution in [0.2, 0.25) is 0 Å². The molecule has 0 N–H and O–H groups in total. The van der Waals surface area contributed by atoms with Gasteiger partial charge in [0, 0.05) is 10.9 Å². The van der Waals surface area contributed by atoms with Gasteiger partial charge in [0.1, 0.15) is 11.9 Å². The van der Waals surface area contributed by atoms with Crippen LogP contribution < -0.4 is 9.04 Å². The molecule has 190 valence electrons. The minimum atomic E-state index is -4.75. The van der Waals surface area contributed by atoms with Crippen molar-refractivity contribution in [2.24, 2.45) is 5.41 Å². The number of esters is 2. The smallest absolute Gasteiger partial charge is 0.416 e. The van der Waals surface area contributed by atoms with Gasteiger partial charge in [-0.3, -0.25) is 13.9 Å². The zero-order valence-corrected chi connectivity index (χ0v) is 21.2. The Morgan fingerprint density at radius 2 is 1.74 bits per heavy atom. The number of methoxy groups -OCH3 is 2. The summed E-state index contributed by atoms with van der Waals surface area (Å²) >= 11 is 3.25. The number of rotatable bonds is 6. The highest BCUT2D eigenvalue weighted by Crippen LogP contribution is 2.42. The largest absolute Gasteiger partial charge is 0.486 e. The van der Waals surface area contributed by atoms with Crippen LogP contribution in [0.5, 0.6) is 5.75 Å². The highest BCUT2D eigenvalue weighted by molar-refractivity contribution is 9.10. The summed E-state index contributed by atoms with van der Waals surface area (Å²) < 4.78 is 83.5. The molecule has 2 aromatic rings. The van der Waals surface area contributed by atoms with E-state index in [0.29, 0.717) is 10.5 Å². The third kappa shape index (κ3) is 5.25. The number of sulfonamides is 1. The van der Waals surface area contributed by atoms with Crippen LogP contribution in [0.1, 0.15) is 18.9 Å². The third-order valence-electron chi connectivity index (χ3n) is 5.51. The van der Waals surface area contributed by atoms with Gasteiger partial charge < -0.3 is 14.2 Å². The lowest BCUT2D eigenvalue weighted by Crippen LogP contribution is -2.49. The number of carbonyl (C=O) groups excluding carboxylic acids is 2. The minimum absolute atomic E-state index is 0.0749. The number of halogens is 4. The Balaban J connectivity index is 2.08. The van der Waals surface area contributed by atoms with E-state index >= 15 is 0 Å². The number of fused-ring (bicyclic) bond motifs is 1. The van der Waals surface area contributed by atoms with E-state index in [1.54, 1.807) is 6.07 Å². The second-order valence-electron chi connectivity index (χ2n) is 7.93. The van der Waals surface area contributed by atoms with Crippen molar-refractivity contribution >= 4 is 43.6 Å². The standard InChI is InChI=1S/C22H21BrF3NO7S/c1-21(19(28)32-2,20(29)33-3)11-15-12-27(17-10-14(23)7-8-18(17)34-15)35(30,31)16-6-4-5-13(9-16)22(24,25)26/h4-10,15H,11-12H2,1-3H3/t15-/m0/s1. The van der Waals surface area contributed by atoms with Crippen molar-refractivity contribution in [1.82, 2.24) is 0 Å². The molecule has 0 aliphatic carbocycles. The first-order chi connectivity index (χ1) is 16.2. The molecule has 0 aromatic heterocycles. The predicted molar refractivity (Wildman–Crippen MR) is 121 cm³/mol. The van der Waals surface area contributed by atoms with Gasteiger partial charge in [-0.05, 0) is 43.3 Å². The molecule has 0 bridgehead atoms. The van der Waals surface area contributed by atoms with Crippen LogP contribution in [0.25, 0.3) is 0 Å². The molecule has 0 saturated heterocycles. The summed E-state index contributed by atoms with van der Waals surface area (Å²) in [5.41, 5.74) is -2.88. The molecule has 0 amide bonds. The quantitative estimate of drug-likeness (QED) is 0.374. The second-order valence-corrected chi connectivity index (χ2v) is 10.7. The summed E-state index contributed by atoms with van der Waals surface area (Å²) in [7, 11) is -2.34. The number of hydrogen-bond acceptors (Lipinski definition) is 7. The number of alkyl halides is 3. The molecule has 1 atom stereocenters. The second kappa shape index (κ2) is 9.69. The zero-order valence-electron chi connectivity index (χ0n) is 18.8. The van der Waals surface area contributed by atoms with Crippen molar-refractivity contribution in [3.8, 4) is 5.75 Å². The van der Waals surface area contributed by atoms with Crippen LogP contribution in [0.15, 0.2) is 51.8 Å². The normalized spacial score (nSPS) is 16.2. The summed E-state index contributed by atoms with van der Waals surface area (Å²) in [6, 6.07) is 7.86. The van der Waals surface area contributed by atoms with Crippen molar-refractivity contribution in [3.63, 3.8) is 0 Å². The predicted octanol–water partition coefficient (Wildman–Crippen LogP) is 4.17. The minimum Gasteiger partial charge on any atom is -0.486 e. The average Bonchev–Trinajstić information content (AvgIpc) is 2.82. The molecule has 35 heavy (non-hydrogen) atoms. The number of nitrogens with zero attached hydrogens (tertiary/aromatic N) is 1. The molecule has 13 heteroatoms. The highest BCUT2D eigenvalue weighted by Gasteiger charge is 2.48. The fourth-order valence-electron chi connectivity index (χ4n) is 3.74. The molecular formula is C22H21BrF3NO7S. The maximum atomic E-state index is 13.5. The summed E-state index contributed by atoms with van der Waals surface area (Å²) in [6.45, 7) is 0.877. The average molecular weight is 580 g/mol. The lowest BCUT2D eigenvalue weighted by atomic mass is 9.84. The van der Waals surface area contributed by atoms with Crippen LogP contribution in [-0.2, 0) is 35.3 Å². The monoisotopic (exact) mass is 579 g/mol. The number of benzene rings is 2. The molecule has 8 nitrogen and oxygen atoms in total. The van der Waals surface area contributed by atoms with Gasteiger partial charge in [0.25, 0.3) is 10.0 Å². The van der Waals surface area contributed by atoms with Crippen molar-refractivity contribution in [2.75, 3.05) is 25.1 Å². The molecule has 1 heterocycles. The van der Waals surface area contributed by atoms with Crippen molar-refractivity contribution < 1.29 is 45.4 Å². The van der Waals surface area contributed by atoms with Crippen LogP contribution in [0.3, 0.4) is 0 Å². The van der Waals surface area contributed by atoms with Crippen LogP contribution in [0.4, 0.5) is 18.9 Å². The molecule has 1 aliphatic heterocycles. The van der Waals surface area contributed by atoms with Gasteiger partial charge in [-0.2, -0.15) is 13.2 Å². The Morgan fingerprint density at radius 3 is 2.31 bits per heavy atom. The van der Waals surface area contributed by atoms with Crippen molar-refractivity contribution in [2.45, 2.75) is 30.5 Å². The van der Waals surface area contributed by atoms with Gasteiger partial charge >= 0.3 is 18.1 Å². The molecule has 0 radical (unpaired) electrons. The molecule has 0 fully saturated rings. The fourth-order valence-corrected chi connectivity index (χ4v) is 5.63. The summed E-state index contributed by atoms with van der Waals surface area (Å²) in [5, 5.41) is 0. The van der Waals surface area contributed by atoms with Crippen LogP contribution in [0, 0.1) is 5.41 Å². The Labute approximate surface area is 208 Å². The maximum absolute atomic E-state index is 13.5. The molecule has 2 aromatic carbocycles. The first-order valence-corrected chi connectivity index (χ1v) is 12.3. The third-order valence-corrected chi connectivity index (χ3v) is 7.78. The summed E-state index contributed by atoms with van der Waals surface area (Å²) in [4.78, 5) is 24.2. The number of ether oxygens (including phenoxy) is 3. The first-order valence-electron chi connectivity index (χ1n) is 10.1. The number of hydrogen-bond donors (Lipinski definition) is 0. The van der Waals surface area contributed by atoms with E-state index in [4.69, 9.17) is 14.2 Å². The van der Waals surface area contributed by atoms with E-state index in [-0.39, 0.29) is 17.9 Å².